The molecule has 8 aromatic carbocycles. The average molecular weight is 1230 g/mol. The van der Waals surface area contributed by atoms with E-state index in [-0.39, 0.29) is 51.8 Å². The average Bonchev–Trinajstić information content (AvgIpc) is 2.53. The number of hydrogen-bond donors (Lipinski definition) is 0. The van der Waals surface area contributed by atoms with Gasteiger partial charge in [-0.3, -0.25) is 0 Å². The normalized spacial score (nSPS) is 25.7. The van der Waals surface area contributed by atoms with E-state index in [2.05, 4.69) is 115 Å². The quantitative estimate of drug-likeness (QED) is 0.0400. The molecule has 0 saturated carbocycles. The zero-order valence-electron chi connectivity index (χ0n) is 48.7. The first-order chi connectivity index (χ1) is 42.6. The minimum Gasteiger partial charge on any atom is -0.0622 e. The molecule has 3 heterocycles. The van der Waals surface area contributed by atoms with Crippen molar-refractivity contribution in [2.45, 2.75) is 138 Å². The van der Waals surface area contributed by atoms with Crippen molar-refractivity contribution in [2.75, 3.05) is 20.3 Å². The molecule has 12 nitrogen and oxygen atoms in total. The van der Waals surface area contributed by atoms with E-state index >= 15 is 0 Å². The van der Waals surface area contributed by atoms with Crippen molar-refractivity contribution in [3.8, 4) is 0 Å². The topological polar surface area (TPSA) is 111 Å². The fourth-order valence-corrected chi connectivity index (χ4v) is 14.0. The van der Waals surface area contributed by atoms with Gasteiger partial charge in [-0.05, 0) is 0 Å². The molecule has 13 heteroatoms. The maximum absolute atomic E-state index is 7.33. The Kier molecular flexibility index (Phi) is 23.4. The van der Waals surface area contributed by atoms with Crippen LogP contribution < -0.4 is 4.46 Å². The Morgan fingerprint density at radius 3 is 1.07 bits per heavy atom. The van der Waals surface area contributed by atoms with Crippen LogP contribution in [0.4, 0.5) is 0 Å². The van der Waals surface area contributed by atoms with Gasteiger partial charge in [0, 0.05) is 0 Å². The fourth-order valence-electron chi connectivity index (χ4n) is 11.4. The third-order valence-corrected chi connectivity index (χ3v) is 18.6. The molecular formula is C73H78O12Se. The number of rotatable bonds is 30. The molecule has 0 unspecified atom stereocenters. The molecule has 0 bridgehead atoms. The summed E-state index contributed by atoms with van der Waals surface area (Å²) in [7, 11) is 1.66. The second-order valence-corrected chi connectivity index (χ2v) is 24.7. The van der Waals surface area contributed by atoms with Crippen LogP contribution >= 0.6 is 0 Å². The van der Waals surface area contributed by atoms with Crippen LogP contribution in [0.5, 0.6) is 0 Å². The van der Waals surface area contributed by atoms with E-state index in [1.54, 1.807) is 7.11 Å². The van der Waals surface area contributed by atoms with E-state index in [0.29, 0.717) is 46.1 Å². The molecule has 3 aliphatic heterocycles. The minimum atomic E-state index is -0.913. The van der Waals surface area contributed by atoms with Gasteiger partial charge >= 0.3 is 449 Å². The summed E-state index contributed by atoms with van der Waals surface area (Å²) >= 11 is -0.00438. The van der Waals surface area contributed by atoms with Gasteiger partial charge in [0.1, 0.15) is 0 Å². The predicted molar refractivity (Wildman–Crippen MR) is 330 cm³/mol. The van der Waals surface area contributed by atoms with Gasteiger partial charge in [-0.25, -0.2) is 0 Å². The monoisotopic (exact) mass is 1230 g/mol. The molecular weight excluding hydrogens is 1150 g/mol. The summed E-state index contributed by atoms with van der Waals surface area (Å²) < 4.78 is 84.8. The van der Waals surface area contributed by atoms with Crippen molar-refractivity contribution in [1.29, 1.82) is 0 Å². The molecule has 3 aliphatic rings. The molecule has 3 fully saturated rings. The van der Waals surface area contributed by atoms with E-state index in [4.69, 9.17) is 56.8 Å². The van der Waals surface area contributed by atoms with Crippen LogP contribution in [0, 0.1) is 0 Å². The first-order valence-electron chi connectivity index (χ1n) is 30.0. The summed E-state index contributed by atoms with van der Waals surface area (Å²) in [5.74, 6) is 0. The number of hydrogen-bond acceptors (Lipinski definition) is 12. The SMILES string of the molecule is CO[C@H]1O[C@H](C[C@H]2C[C@@H]([Se]c3ccccc3)[C@H](CO[C@@H]3O[C@H](COCc4ccccc4)[C@@H](OCc4ccccc4)[C@H](OCc4ccccc4)[C@H]3OCc3ccccc3)O2)[C@@H](OCc2ccccc2)[C@H](OCc2ccccc2)[C@H]1OCc1ccccc1. The Hall–Kier alpha value is -6.20. The third kappa shape index (κ3) is 17.7. The van der Waals surface area contributed by atoms with Crippen molar-refractivity contribution >= 4 is 19.4 Å². The van der Waals surface area contributed by atoms with Crippen molar-refractivity contribution in [3.05, 3.63) is 282 Å². The first kappa shape index (κ1) is 61.4. The zero-order chi connectivity index (χ0) is 58.4. The Balaban J connectivity index is 0.888. The Morgan fingerprint density at radius 1 is 0.326 bits per heavy atom. The van der Waals surface area contributed by atoms with E-state index in [1.165, 1.54) is 4.46 Å². The maximum atomic E-state index is 7.33. The van der Waals surface area contributed by atoms with Gasteiger partial charge in [0.05, 0.1) is 0 Å². The molecule has 3 saturated heterocycles. The van der Waals surface area contributed by atoms with Gasteiger partial charge in [-0.15, -0.1) is 0 Å². The first-order valence-corrected chi connectivity index (χ1v) is 31.8. The second kappa shape index (κ2) is 32.7. The summed E-state index contributed by atoms with van der Waals surface area (Å²) in [6.07, 6.45) is -5.98. The van der Waals surface area contributed by atoms with Gasteiger partial charge in [-0.1, -0.05) is 66.7 Å². The predicted octanol–water partition coefficient (Wildman–Crippen LogP) is 12.2. The molecule has 8 aromatic rings. The third-order valence-electron chi connectivity index (χ3n) is 15.7. The Labute approximate surface area is 513 Å². The molecule has 11 rings (SSSR count). The standard InChI is InChI=1S/C73H78O12Se/c1-74-72-70(80-49-58-36-20-7-21-37-58)68(78-47-56-32-16-5-17-33-56)66(76-45-54-28-12-3-13-29-54)62(84-72)42-60-43-65(86-61-40-24-9-25-41-61)63(83-60)52-82-73-71(81-50-59-38-22-8-23-39-59)69(79-48-57-34-18-6-19-35-57)67(77-46-55-30-14-4-15-31-55)64(85-73)51-75-44-53-26-10-2-11-27-53/h2-41,60,62-73H,42-52H2,1H3/t60-,62+,63-,64+,65+,66+,67+,68-,69-,70+,71+,72-,73+/m0/s1. The summed E-state index contributed by atoms with van der Waals surface area (Å²) in [6, 6.07) is 81.9. The minimum absolute atomic E-state index is 0.00438. The number of benzene rings is 8. The van der Waals surface area contributed by atoms with Crippen LogP contribution in [-0.2, 0) is 103 Å². The van der Waals surface area contributed by atoms with Gasteiger partial charge in [0.15, 0.2) is 0 Å². The molecule has 0 aliphatic carbocycles. The molecule has 448 valence electrons. The molecule has 13 atom stereocenters. The van der Waals surface area contributed by atoms with Crippen LogP contribution in [0.3, 0.4) is 0 Å². The van der Waals surface area contributed by atoms with Crippen LogP contribution in [0.25, 0.3) is 0 Å². The van der Waals surface area contributed by atoms with Crippen molar-refractivity contribution in [3.63, 3.8) is 0 Å². The van der Waals surface area contributed by atoms with E-state index in [0.717, 1.165) is 45.4 Å². The molecule has 0 aromatic heterocycles. The summed E-state index contributed by atoms with van der Waals surface area (Å²) in [5.41, 5.74) is 7.19. The van der Waals surface area contributed by atoms with E-state index in [9.17, 15) is 0 Å². The fraction of sp³-hybridized carbons (Fsp3) is 0.342. The van der Waals surface area contributed by atoms with Crippen molar-refractivity contribution < 1.29 is 56.8 Å². The van der Waals surface area contributed by atoms with Crippen LogP contribution in [0.2, 0.25) is 4.82 Å². The Morgan fingerprint density at radius 2 is 0.663 bits per heavy atom. The second-order valence-electron chi connectivity index (χ2n) is 22.0. The van der Waals surface area contributed by atoms with E-state index in [1.807, 2.05) is 127 Å². The van der Waals surface area contributed by atoms with Gasteiger partial charge in [0.25, 0.3) is 0 Å². The zero-order valence-corrected chi connectivity index (χ0v) is 50.4. The Bertz CT molecular complexity index is 3120. The summed E-state index contributed by atoms with van der Waals surface area (Å²) in [6.45, 7) is 2.72. The van der Waals surface area contributed by atoms with Crippen molar-refractivity contribution in [1.82, 2.24) is 0 Å². The van der Waals surface area contributed by atoms with Crippen LogP contribution in [0.1, 0.15) is 51.8 Å². The molecule has 86 heavy (non-hydrogen) atoms. The van der Waals surface area contributed by atoms with Gasteiger partial charge in [0.2, 0.25) is 0 Å². The number of methoxy groups -OCH3 is 1. The summed E-state index contributed by atoms with van der Waals surface area (Å²) in [4.78, 5) is 0.108. The number of ether oxygens (including phenoxy) is 12. The molecule has 0 radical (unpaired) electrons. The van der Waals surface area contributed by atoms with Gasteiger partial charge in [-0.2, -0.15) is 0 Å². The molecule has 0 spiro atoms. The van der Waals surface area contributed by atoms with Crippen LogP contribution in [-0.4, -0.2) is 109 Å². The molecule has 0 amide bonds. The van der Waals surface area contributed by atoms with E-state index < -0.39 is 61.4 Å². The van der Waals surface area contributed by atoms with Gasteiger partial charge < -0.3 is 0 Å². The molecule has 0 N–H and O–H groups in total. The smallest absolute Gasteiger partial charge is 0.0622 e. The van der Waals surface area contributed by atoms with Crippen LogP contribution in [0.15, 0.2) is 243 Å². The summed E-state index contributed by atoms with van der Waals surface area (Å²) in [5, 5.41) is 0. The van der Waals surface area contributed by atoms with Crippen molar-refractivity contribution in [2.24, 2.45) is 0 Å².